The number of rotatable bonds is 3. The van der Waals surface area contributed by atoms with E-state index >= 15 is 0 Å². The van der Waals surface area contributed by atoms with Crippen LogP contribution in [0.5, 0.6) is 0 Å². The predicted molar refractivity (Wildman–Crippen MR) is 71.0 cm³/mol. The maximum Gasteiger partial charge on any atom is 0.253 e. The van der Waals surface area contributed by atoms with E-state index < -0.39 is 5.82 Å². The number of ether oxygens (including phenoxy) is 1. The van der Waals surface area contributed by atoms with E-state index in [4.69, 9.17) is 16.3 Å². The molecule has 0 aliphatic carbocycles. The van der Waals surface area contributed by atoms with Gasteiger partial charge in [0, 0.05) is 32.2 Å². The standard InChI is InChI=1S/C13H16ClFN2O2/c1-17(8-10-7-16-4-5-19-10)13(18)9-2-3-12(15)11(14)6-9/h2-3,6,10,16H,4-5,7-8H2,1H3. The zero-order chi connectivity index (χ0) is 13.8. The van der Waals surface area contributed by atoms with E-state index in [0.717, 1.165) is 13.1 Å². The third kappa shape index (κ3) is 3.65. The van der Waals surface area contributed by atoms with Crippen LogP contribution in [0.3, 0.4) is 0 Å². The summed E-state index contributed by atoms with van der Waals surface area (Å²) in [4.78, 5) is 13.7. The highest BCUT2D eigenvalue weighted by Crippen LogP contribution is 2.17. The Morgan fingerprint density at radius 1 is 1.63 bits per heavy atom. The van der Waals surface area contributed by atoms with Gasteiger partial charge in [-0.3, -0.25) is 4.79 Å². The molecule has 1 aromatic carbocycles. The van der Waals surface area contributed by atoms with Gasteiger partial charge in [0.25, 0.3) is 5.91 Å². The Labute approximate surface area is 116 Å². The Bertz CT molecular complexity index is 464. The molecule has 1 aliphatic rings. The number of nitrogens with zero attached hydrogens (tertiary/aromatic N) is 1. The molecule has 19 heavy (non-hydrogen) atoms. The third-order valence-corrected chi connectivity index (χ3v) is 3.28. The molecular formula is C13H16ClFN2O2. The summed E-state index contributed by atoms with van der Waals surface area (Å²) in [6, 6.07) is 3.97. The van der Waals surface area contributed by atoms with E-state index in [1.165, 1.54) is 18.2 Å². The van der Waals surface area contributed by atoms with Crippen molar-refractivity contribution in [3.05, 3.63) is 34.6 Å². The summed E-state index contributed by atoms with van der Waals surface area (Å²) in [5, 5.41) is 3.16. The van der Waals surface area contributed by atoms with Crippen molar-refractivity contribution in [3.63, 3.8) is 0 Å². The highest BCUT2D eigenvalue weighted by atomic mass is 35.5. The zero-order valence-corrected chi connectivity index (χ0v) is 11.4. The van der Waals surface area contributed by atoms with Gasteiger partial charge in [0.15, 0.2) is 0 Å². The fourth-order valence-corrected chi connectivity index (χ4v) is 2.16. The maximum absolute atomic E-state index is 13.1. The second-order valence-electron chi connectivity index (χ2n) is 4.51. The van der Waals surface area contributed by atoms with Gasteiger partial charge in [-0.2, -0.15) is 0 Å². The number of morpholine rings is 1. The van der Waals surface area contributed by atoms with Crippen molar-refractivity contribution in [1.82, 2.24) is 10.2 Å². The summed E-state index contributed by atoms with van der Waals surface area (Å²) >= 11 is 5.67. The molecule has 0 radical (unpaired) electrons. The number of hydrogen-bond donors (Lipinski definition) is 1. The lowest BCUT2D eigenvalue weighted by Crippen LogP contribution is -2.45. The van der Waals surface area contributed by atoms with Gasteiger partial charge < -0.3 is 15.0 Å². The van der Waals surface area contributed by atoms with Crippen LogP contribution in [-0.2, 0) is 4.74 Å². The lowest BCUT2D eigenvalue weighted by molar-refractivity contribution is 0.0104. The number of likely N-dealkylation sites (N-methyl/N-ethyl adjacent to an activating group) is 1. The zero-order valence-electron chi connectivity index (χ0n) is 10.7. The minimum atomic E-state index is -0.527. The van der Waals surface area contributed by atoms with Crippen LogP contribution in [-0.4, -0.2) is 50.2 Å². The number of carbonyl (C=O) groups excluding carboxylic acids is 1. The van der Waals surface area contributed by atoms with Crippen molar-refractivity contribution in [3.8, 4) is 0 Å². The summed E-state index contributed by atoms with van der Waals surface area (Å²) in [7, 11) is 1.69. The molecule has 1 unspecified atom stereocenters. The predicted octanol–water partition coefficient (Wildman–Crippen LogP) is 1.54. The first kappa shape index (κ1) is 14.2. The molecule has 1 saturated heterocycles. The summed E-state index contributed by atoms with van der Waals surface area (Å²) < 4.78 is 18.6. The highest BCUT2D eigenvalue weighted by molar-refractivity contribution is 6.31. The molecule has 1 fully saturated rings. The topological polar surface area (TPSA) is 41.6 Å². The molecule has 4 nitrogen and oxygen atoms in total. The minimum Gasteiger partial charge on any atom is -0.374 e. The Hall–Kier alpha value is -1.17. The van der Waals surface area contributed by atoms with Gasteiger partial charge in [-0.25, -0.2) is 4.39 Å². The second kappa shape index (κ2) is 6.32. The SMILES string of the molecule is CN(CC1CNCCO1)C(=O)c1ccc(F)c(Cl)c1. The van der Waals surface area contributed by atoms with Crippen molar-refractivity contribution in [1.29, 1.82) is 0 Å². The molecule has 1 amide bonds. The van der Waals surface area contributed by atoms with Gasteiger partial charge in [0.1, 0.15) is 5.82 Å². The third-order valence-electron chi connectivity index (χ3n) is 3.00. The molecule has 104 valence electrons. The molecule has 0 bridgehead atoms. The first-order valence-electron chi connectivity index (χ1n) is 6.11. The Kier molecular flexibility index (Phi) is 4.74. The first-order valence-corrected chi connectivity index (χ1v) is 6.48. The highest BCUT2D eigenvalue weighted by Gasteiger charge is 2.20. The van der Waals surface area contributed by atoms with Gasteiger partial charge in [0.05, 0.1) is 17.7 Å². The van der Waals surface area contributed by atoms with E-state index in [2.05, 4.69) is 5.32 Å². The summed E-state index contributed by atoms with van der Waals surface area (Å²) in [6.45, 7) is 2.69. The summed E-state index contributed by atoms with van der Waals surface area (Å²) in [5.41, 5.74) is 0.373. The number of carbonyl (C=O) groups is 1. The molecule has 0 spiro atoms. The smallest absolute Gasteiger partial charge is 0.253 e. The van der Waals surface area contributed by atoms with Crippen LogP contribution in [0.2, 0.25) is 5.02 Å². The van der Waals surface area contributed by atoms with Crippen molar-refractivity contribution < 1.29 is 13.9 Å². The summed E-state index contributed by atoms with van der Waals surface area (Å²) in [6.07, 6.45) is -0.0152. The average molecular weight is 287 g/mol. The lowest BCUT2D eigenvalue weighted by Gasteiger charge is -2.28. The van der Waals surface area contributed by atoms with Crippen molar-refractivity contribution in [2.75, 3.05) is 33.3 Å². The van der Waals surface area contributed by atoms with Crippen LogP contribution in [0, 0.1) is 5.82 Å². The Morgan fingerprint density at radius 2 is 2.42 bits per heavy atom. The lowest BCUT2D eigenvalue weighted by atomic mass is 10.2. The number of hydrogen-bond acceptors (Lipinski definition) is 3. The molecule has 2 rings (SSSR count). The van der Waals surface area contributed by atoms with Gasteiger partial charge in [-0.15, -0.1) is 0 Å². The molecule has 0 saturated carbocycles. The van der Waals surface area contributed by atoms with E-state index in [-0.39, 0.29) is 17.0 Å². The minimum absolute atomic E-state index is 0.0152. The largest absolute Gasteiger partial charge is 0.374 e. The maximum atomic E-state index is 13.1. The van der Waals surface area contributed by atoms with Crippen molar-refractivity contribution in [2.24, 2.45) is 0 Å². The molecule has 1 atom stereocenters. The Morgan fingerprint density at radius 3 is 3.05 bits per heavy atom. The molecule has 0 aromatic heterocycles. The van der Waals surface area contributed by atoms with Crippen LogP contribution in [0.15, 0.2) is 18.2 Å². The first-order chi connectivity index (χ1) is 9.08. The number of halogens is 2. The number of amides is 1. The molecule has 6 heteroatoms. The Balaban J connectivity index is 1.99. The molecular weight excluding hydrogens is 271 g/mol. The van der Waals surface area contributed by atoms with Crippen LogP contribution in [0.1, 0.15) is 10.4 Å². The quantitative estimate of drug-likeness (QED) is 0.916. The number of benzene rings is 1. The van der Waals surface area contributed by atoms with Crippen LogP contribution in [0.25, 0.3) is 0 Å². The average Bonchev–Trinajstić information content (AvgIpc) is 2.42. The fraction of sp³-hybridized carbons (Fsp3) is 0.462. The van der Waals surface area contributed by atoms with Crippen molar-refractivity contribution in [2.45, 2.75) is 6.10 Å². The van der Waals surface area contributed by atoms with Gasteiger partial charge in [-0.05, 0) is 18.2 Å². The van der Waals surface area contributed by atoms with E-state index in [9.17, 15) is 9.18 Å². The van der Waals surface area contributed by atoms with Gasteiger partial charge in [0.2, 0.25) is 0 Å². The van der Waals surface area contributed by atoms with Gasteiger partial charge >= 0.3 is 0 Å². The normalized spacial score (nSPS) is 19.2. The molecule has 1 aliphatic heterocycles. The van der Waals surface area contributed by atoms with E-state index in [1.807, 2.05) is 0 Å². The molecule has 1 aromatic rings. The molecule has 1 N–H and O–H groups in total. The summed E-state index contributed by atoms with van der Waals surface area (Å²) in [5.74, 6) is -0.725. The second-order valence-corrected chi connectivity index (χ2v) is 4.92. The number of nitrogens with one attached hydrogen (secondary N) is 1. The monoisotopic (exact) mass is 286 g/mol. The van der Waals surface area contributed by atoms with E-state index in [0.29, 0.717) is 18.7 Å². The van der Waals surface area contributed by atoms with Gasteiger partial charge in [-0.1, -0.05) is 11.6 Å². The fourth-order valence-electron chi connectivity index (χ4n) is 1.97. The van der Waals surface area contributed by atoms with E-state index in [1.54, 1.807) is 11.9 Å². The molecule has 1 heterocycles. The van der Waals surface area contributed by atoms with Crippen LogP contribution in [0.4, 0.5) is 4.39 Å². The van der Waals surface area contributed by atoms with Crippen molar-refractivity contribution >= 4 is 17.5 Å². The van der Waals surface area contributed by atoms with Crippen LogP contribution >= 0.6 is 11.6 Å². The van der Waals surface area contributed by atoms with Crippen LogP contribution < -0.4 is 5.32 Å².